The summed E-state index contributed by atoms with van der Waals surface area (Å²) in [5.74, 6) is 1.31. The number of amides is 1. The summed E-state index contributed by atoms with van der Waals surface area (Å²) in [6, 6.07) is 0. The van der Waals surface area contributed by atoms with Gasteiger partial charge in [0.15, 0.2) is 0 Å². The molecule has 0 aliphatic carbocycles. The summed E-state index contributed by atoms with van der Waals surface area (Å²) in [5.41, 5.74) is 5.56. The van der Waals surface area contributed by atoms with E-state index in [0.717, 1.165) is 25.2 Å². The van der Waals surface area contributed by atoms with Crippen LogP contribution in [0, 0.1) is 5.92 Å². The van der Waals surface area contributed by atoms with Crippen LogP contribution in [0.1, 0.15) is 50.1 Å². The number of hydrogen-bond acceptors (Lipinski definition) is 4. The molecule has 19 heavy (non-hydrogen) atoms. The lowest BCUT2D eigenvalue weighted by Crippen LogP contribution is -2.42. The molecule has 1 amide bonds. The summed E-state index contributed by atoms with van der Waals surface area (Å²) in [4.78, 5) is 18.5. The van der Waals surface area contributed by atoms with Gasteiger partial charge >= 0.3 is 0 Å². The average molecular weight is 265 g/mol. The second kappa shape index (κ2) is 5.28. The second-order valence-electron chi connectivity index (χ2n) is 6.25. The lowest BCUT2D eigenvalue weighted by molar-refractivity contribution is 0.0666. The molecule has 0 aromatic carbocycles. The Kier molecular flexibility index (Phi) is 3.89. The van der Waals surface area contributed by atoms with Gasteiger partial charge < -0.3 is 10.6 Å². The lowest BCUT2D eigenvalue weighted by Gasteiger charge is -2.31. The topological polar surface area (TPSA) is 87.9 Å². The molecule has 0 bridgehead atoms. The van der Waals surface area contributed by atoms with Crippen LogP contribution in [-0.4, -0.2) is 45.6 Å². The standard InChI is InChI=1S/C13H23N5O/c1-13(2,3)12-15-10(16-17-12)11(19)18-6-4-5-9(7-14)8-18/h9H,4-8,14H2,1-3H3,(H,15,16,17). The molecule has 2 heterocycles. The third kappa shape index (κ3) is 3.12. The SMILES string of the molecule is CC(C)(C)c1nc(C(=O)N2CCCC(CN)C2)n[nH]1. The first-order chi connectivity index (χ1) is 8.91. The van der Waals surface area contributed by atoms with E-state index in [2.05, 4.69) is 15.2 Å². The van der Waals surface area contributed by atoms with Crippen molar-refractivity contribution in [1.82, 2.24) is 20.1 Å². The van der Waals surface area contributed by atoms with Crippen LogP contribution in [0.2, 0.25) is 0 Å². The highest BCUT2D eigenvalue weighted by atomic mass is 16.2. The molecule has 2 rings (SSSR count). The molecule has 6 heteroatoms. The number of likely N-dealkylation sites (tertiary alicyclic amines) is 1. The van der Waals surface area contributed by atoms with E-state index in [1.165, 1.54) is 0 Å². The van der Waals surface area contributed by atoms with E-state index in [1.807, 2.05) is 25.7 Å². The minimum absolute atomic E-state index is 0.0927. The number of nitrogens with zero attached hydrogens (tertiary/aromatic N) is 3. The monoisotopic (exact) mass is 265 g/mol. The second-order valence-corrected chi connectivity index (χ2v) is 6.25. The molecular formula is C13H23N5O. The van der Waals surface area contributed by atoms with E-state index >= 15 is 0 Å². The van der Waals surface area contributed by atoms with E-state index in [1.54, 1.807) is 0 Å². The molecule has 106 valence electrons. The van der Waals surface area contributed by atoms with Crippen molar-refractivity contribution >= 4 is 5.91 Å². The minimum Gasteiger partial charge on any atom is -0.336 e. The fraction of sp³-hybridized carbons (Fsp3) is 0.769. The van der Waals surface area contributed by atoms with Crippen molar-refractivity contribution < 1.29 is 4.79 Å². The number of piperidine rings is 1. The Hall–Kier alpha value is -1.43. The number of carbonyl (C=O) groups is 1. The predicted octanol–water partition coefficient (Wildman–Crippen LogP) is 0.913. The Balaban J connectivity index is 2.09. The molecule has 0 radical (unpaired) electrons. The molecule has 1 aliphatic rings. The fourth-order valence-electron chi connectivity index (χ4n) is 2.28. The Morgan fingerprint density at radius 1 is 1.53 bits per heavy atom. The van der Waals surface area contributed by atoms with Crippen LogP contribution in [-0.2, 0) is 5.41 Å². The molecular weight excluding hydrogens is 242 g/mol. The van der Waals surface area contributed by atoms with Gasteiger partial charge in [-0.1, -0.05) is 20.8 Å². The molecule has 0 saturated carbocycles. The van der Waals surface area contributed by atoms with Crippen molar-refractivity contribution in [3.05, 3.63) is 11.6 Å². The maximum absolute atomic E-state index is 12.3. The van der Waals surface area contributed by atoms with Crippen LogP contribution < -0.4 is 5.73 Å². The zero-order valence-corrected chi connectivity index (χ0v) is 11.9. The fourth-order valence-corrected chi connectivity index (χ4v) is 2.28. The zero-order valence-electron chi connectivity index (χ0n) is 11.9. The van der Waals surface area contributed by atoms with Crippen molar-refractivity contribution in [3.63, 3.8) is 0 Å². The van der Waals surface area contributed by atoms with Crippen LogP contribution in [0.25, 0.3) is 0 Å². The number of aromatic amines is 1. The van der Waals surface area contributed by atoms with Crippen molar-refractivity contribution in [2.45, 2.75) is 39.0 Å². The minimum atomic E-state index is -0.132. The number of nitrogens with one attached hydrogen (secondary N) is 1. The largest absolute Gasteiger partial charge is 0.336 e. The highest BCUT2D eigenvalue weighted by Crippen LogP contribution is 2.19. The number of aromatic nitrogens is 3. The lowest BCUT2D eigenvalue weighted by atomic mass is 9.96. The van der Waals surface area contributed by atoms with Crippen LogP contribution >= 0.6 is 0 Å². The van der Waals surface area contributed by atoms with E-state index in [9.17, 15) is 4.79 Å². The smallest absolute Gasteiger partial charge is 0.293 e. The third-order valence-electron chi connectivity index (χ3n) is 3.53. The van der Waals surface area contributed by atoms with Crippen molar-refractivity contribution in [2.75, 3.05) is 19.6 Å². The molecule has 1 fully saturated rings. The van der Waals surface area contributed by atoms with Gasteiger partial charge in [0.05, 0.1) is 0 Å². The van der Waals surface area contributed by atoms with Gasteiger partial charge in [-0.25, -0.2) is 4.98 Å². The van der Waals surface area contributed by atoms with Gasteiger partial charge in [-0.2, -0.15) is 0 Å². The summed E-state index contributed by atoms with van der Waals surface area (Å²) in [7, 11) is 0. The first-order valence-corrected chi connectivity index (χ1v) is 6.84. The summed E-state index contributed by atoms with van der Waals surface area (Å²) < 4.78 is 0. The molecule has 1 aliphatic heterocycles. The molecule has 1 unspecified atom stereocenters. The normalized spacial score (nSPS) is 20.6. The van der Waals surface area contributed by atoms with E-state index in [-0.39, 0.29) is 17.1 Å². The van der Waals surface area contributed by atoms with E-state index < -0.39 is 0 Å². The molecule has 1 aromatic heterocycles. The summed E-state index contributed by atoms with van der Waals surface area (Å²) >= 11 is 0. The Morgan fingerprint density at radius 3 is 2.84 bits per heavy atom. The van der Waals surface area contributed by atoms with Crippen molar-refractivity contribution in [3.8, 4) is 0 Å². The van der Waals surface area contributed by atoms with Gasteiger partial charge in [0.2, 0.25) is 5.82 Å². The van der Waals surface area contributed by atoms with Crippen LogP contribution in [0.5, 0.6) is 0 Å². The Labute approximate surface area is 113 Å². The maximum atomic E-state index is 12.3. The Morgan fingerprint density at radius 2 is 2.26 bits per heavy atom. The summed E-state index contributed by atoms with van der Waals surface area (Å²) in [6.45, 7) is 8.22. The average Bonchev–Trinajstić information content (AvgIpc) is 2.87. The van der Waals surface area contributed by atoms with Gasteiger partial charge in [0.25, 0.3) is 5.91 Å². The predicted molar refractivity (Wildman–Crippen MR) is 72.8 cm³/mol. The molecule has 1 aromatic rings. The van der Waals surface area contributed by atoms with Gasteiger partial charge in [0.1, 0.15) is 5.82 Å². The maximum Gasteiger partial charge on any atom is 0.293 e. The first kappa shape index (κ1) is 14.0. The molecule has 3 N–H and O–H groups in total. The third-order valence-corrected chi connectivity index (χ3v) is 3.53. The highest BCUT2D eigenvalue weighted by Gasteiger charge is 2.27. The van der Waals surface area contributed by atoms with E-state index in [0.29, 0.717) is 19.0 Å². The van der Waals surface area contributed by atoms with Crippen LogP contribution in [0.3, 0.4) is 0 Å². The molecule has 1 atom stereocenters. The summed E-state index contributed by atoms with van der Waals surface area (Å²) in [5, 5.41) is 6.91. The van der Waals surface area contributed by atoms with E-state index in [4.69, 9.17) is 5.73 Å². The van der Waals surface area contributed by atoms with Crippen molar-refractivity contribution in [1.29, 1.82) is 0 Å². The Bertz CT molecular complexity index is 448. The van der Waals surface area contributed by atoms with Crippen LogP contribution in [0.15, 0.2) is 0 Å². The van der Waals surface area contributed by atoms with Gasteiger partial charge in [0, 0.05) is 18.5 Å². The number of H-pyrrole nitrogens is 1. The molecule has 0 spiro atoms. The van der Waals surface area contributed by atoms with Crippen molar-refractivity contribution in [2.24, 2.45) is 11.7 Å². The highest BCUT2D eigenvalue weighted by molar-refractivity contribution is 5.90. The number of nitrogens with two attached hydrogens (primary N) is 1. The number of rotatable bonds is 2. The molecule has 1 saturated heterocycles. The van der Waals surface area contributed by atoms with Gasteiger partial charge in [-0.05, 0) is 25.3 Å². The molecule has 6 nitrogen and oxygen atoms in total. The number of carbonyl (C=O) groups excluding carboxylic acids is 1. The zero-order chi connectivity index (χ0) is 14.0. The van der Waals surface area contributed by atoms with Crippen LogP contribution in [0.4, 0.5) is 0 Å². The summed E-state index contributed by atoms with van der Waals surface area (Å²) in [6.07, 6.45) is 2.10. The van der Waals surface area contributed by atoms with Gasteiger partial charge in [-0.15, -0.1) is 5.10 Å². The first-order valence-electron chi connectivity index (χ1n) is 6.84. The quantitative estimate of drug-likeness (QED) is 0.832. The van der Waals surface area contributed by atoms with Gasteiger partial charge in [-0.3, -0.25) is 9.89 Å². The number of hydrogen-bond donors (Lipinski definition) is 2.